The first-order valence-corrected chi connectivity index (χ1v) is 9.72. The summed E-state index contributed by atoms with van der Waals surface area (Å²) >= 11 is 3.23. The Hall–Kier alpha value is -2.36. The standard InChI is InChI=1S/C17H15BrN2O5S/c1-19-26(23,24)11-3-4-15-12(8-11)13(17(22)20-15)6-9-5-10(25-2)7-14(18)16(9)21/h3-8,19,21H,1-2H3,(H,20,22). The third-order valence-corrected chi connectivity index (χ3v) is 5.97. The maximum Gasteiger partial charge on any atom is 0.256 e. The fraction of sp³-hybridized carbons (Fsp3) is 0.118. The molecule has 1 amide bonds. The summed E-state index contributed by atoms with van der Waals surface area (Å²) in [5.74, 6) is 0.0440. The van der Waals surface area contributed by atoms with E-state index in [-0.39, 0.29) is 16.2 Å². The number of sulfonamides is 1. The number of amides is 1. The first-order valence-electron chi connectivity index (χ1n) is 7.44. The highest BCUT2D eigenvalue weighted by atomic mass is 79.9. The molecular weight excluding hydrogens is 424 g/mol. The van der Waals surface area contributed by atoms with Crippen LogP contribution in [-0.4, -0.2) is 33.6 Å². The molecule has 0 aromatic heterocycles. The van der Waals surface area contributed by atoms with Gasteiger partial charge in [0.25, 0.3) is 5.91 Å². The minimum absolute atomic E-state index is 0.0391. The summed E-state index contributed by atoms with van der Waals surface area (Å²) < 4.78 is 31.9. The summed E-state index contributed by atoms with van der Waals surface area (Å²) in [4.78, 5) is 12.4. The third kappa shape index (κ3) is 3.20. The number of carbonyl (C=O) groups excluding carboxylic acids is 1. The fourth-order valence-electron chi connectivity index (χ4n) is 2.57. The van der Waals surface area contributed by atoms with Crippen molar-refractivity contribution in [2.45, 2.75) is 4.90 Å². The summed E-state index contributed by atoms with van der Waals surface area (Å²) in [6, 6.07) is 7.52. The fourth-order valence-corrected chi connectivity index (χ4v) is 3.78. The molecule has 0 atom stereocenters. The van der Waals surface area contributed by atoms with Gasteiger partial charge in [-0.2, -0.15) is 0 Å². The van der Waals surface area contributed by atoms with Gasteiger partial charge in [-0.25, -0.2) is 13.1 Å². The monoisotopic (exact) mass is 438 g/mol. The molecule has 0 fully saturated rings. The van der Waals surface area contributed by atoms with Crippen molar-refractivity contribution in [3.63, 3.8) is 0 Å². The van der Waals surface area contributed by atoms with Crippen LogP contribution in [0.25, 0.3) is 11.6 Å². The average molecular weight is 439 g/mol. The van der Waals surface area contributed by atoms with Crippen LogP contribution in [0.1, 0.15) is 11.1 Å². The topological polar surface area (TPSA) is 105 Å². The van der Waals surface area contributed by atoms with Crippen LogP contribution in [0.3, 0.4) is 0 Å². The predicted octanol–water partition coefficient (Wildman–Crippen LogP) is 2.56. The second kappa shape index (κ2) is 6.75. The number of phenols is 1. The van der Waals surface area contributed by atoms with Crippen molar-refractivity contribution in [1.82, 2.24) is 4.72 Å². The molecule has 26 heavy (non-hydrogen) atoms. The van der Waals surface area contributed by atoms with Crippen LogP contribution >= 0.6 is 15.9 Å². The Morgan fingerprint density at radius 1 is 1.27 bits per heavy atom. The zero-order valence-electron chi connectivity index (χ0n) is 13.8. The molecule has 1 heterocycles. The highest BCUT2D eigenvalue weighted by molar-refractivity contribution is 9.10. The molecule has 3 rings (SSSR count). The van der Waals surface area contributed by atoms with Crippen LogP contribution in [0, 0.1) is 0 Å². The first-order chi connectivity index (χ1) is 12.3. The molecule has 2 aromatic carbocycles. The minimum Gasteiger partial charge on any atom is -0.506 e. The van der Waals surface area contributed by atoms with Crippen molar-refractivity contribution in [3.8, 4) is 11.5 Å². The van der Waals surface area contributed by atoms with Gasteiger partial charge in [-0.3, -0.25) is 4.79 Å². The largest absolute Gasteiger partial charge is 0.506 e. The van der Waals surface area contributed by atoms with E-state index < -0.39 is 15.9 Å². The molecule has 0 aliphatic carbocycles. The van der Waals surface area contributed by atoms with Gasteiger partial charge < -0.3 is 15.2 Å². The van der Waals surface area contributed by atoms with Gasteiger partial charge in [0, 0.05) is 22.4 Å². The number of aromatic hydroxyl groups is 1. The van der Waals surface area contributed by atoms with Gasteiger partial charge in [0.15, 0.2) is 0 Å². The van der Waals surface area contributed by atoms with Crippen LogP contribution in [-0.2, 0) is 14.8 Å². The Labute approximate surface area is 158 Å². The third-order valence-electron chi connectivity index (χ3n) is 3.96. The Balaban J connectivity index is 2.17. The normalized spacial score (nSPS) is 15.0. The van der Waals surface area contributed by atoms with Crippen molar-refractivity contribution in [3.05, 3.63) is 45.9 Å². The van der Waals surface area contributed by atoms with Crippen molar-refractivity contribution >= 4 is 49.2 Å². The highest BCUT2D eigenvalue weighted by Crippen LogP contribution is 2.39. The van der Waals surface area contributed by atoms with Gasteiger partial charge >= 0.3 is 0 Å². The molecule has 0 bridgehead atoms. The number of phenolic OH excluding ortho intramolecular Hbond substituents is 1. The van der Waals surface area contributed by atoms with Crippen LogP contribution in [0.2, 0.25) is 0 Å². The van der Waals surface area contributed by atoms with Crippen LogP contribution in [0.5, 0.6) is 11.5 Å². The molecule has 7 nitrogen and oxygen atoms in total. The average Bonchev–Trinajstić information content (AvgIpc) is 2.93. The van der Waals surface area contributed by atoms with E-state index in [0.717, 1.165) is 0 Å². The molecular formula is C17H15BrN2O5S. The Morgan fingerprint density at radius 3 is 2.65 bits per heavy atom. The number of fused-ring (bicyclic) bond motifs is 1. The zero-order chi connectivity index (χ0) is 19.1. The van der Waals surface area contributed by atoms with Gasteiger partial charge in [-0.1, -0.05) is 0 Å². The van der Waals surface area contributed by atoms with Crippen LogP contribution in [0.4, 0.5) is 5.69 Å². The Kier molecular flexibility index (Phi) is 4.78. The second-order valence-corrected chi connectivity index (χ2v) is 8.22. The number of hydrogen-bond acceptors (Lipinski definition) is 5. The number of anilines is 1. The number of rotatable bonds is 4. The summed E-state index contributed by atoms with van der Waals surface area (Å²) in [5.41, 5.74) is 1.53. The number of hydrogen-bond donors (Lipinski definition) is 3. The summed E-state index contributed by atoms with van der Waals surface area (Å²) in [6.45, 7) is 0. The molecule has 0 saturated carbocycles. The van der Waals surface area contributed by atoms with Gasteiger partial charge in [0.1, 0.15) is 11.5 Å². The zero-order valence-corrected chi connectivity index (χ0v) is 16.2. The number of benzene rings is 2. The lowest BCUT2D eigenvalue weighted by molar-refractivity contribution is -0.110. The first kappa shape index (κ1) is 18.4. The number of halogens is 1. The van der Waals surface area contributed by atoms with E-state index >= 15 is 0 Å². The van der Waals surface area contributed by atoms with E-state index in [4.69, 9.17) is 4.74 Å². The van der Waals surface area contributed by atoms with E-state index in [1.807, 2.05) is 0 Å². The van der Waals surface area contributed by atoms with Crippen LogP contribution in [0.15, 0.2) is 39.7 Å². The molecule has 136 valence electrons. The number of methoxy groups -OCH3 is 1. The van der Waals surface area contributed by atoms with Gasteiger partial charge in [0.05, 0.1) is 16.5 Å². The lowest BCUT2D eigenvalue weighted by atomic mass is 10.0. The van der Waals surface area contributed by atoms with Crippen molar-refractivity contribution in [2.75, 3.05) is 19.5 Å². The van der Waals surface area contributed by atoms with E-state index in [0.29, 0.717) is 27.0 Å². The minimum atomic E-state index is -3.65. The maximum absolute atomic E-state index is 12.3. The lowest BCUT2D eigenvalue weighted by Gasteiger charge is -2.08. The van der Waals surface area contributed by atoms with E-state index in [9.17, 15) is 18.3 Å². The molecule has 0 unspecified atom stereocenters. The highest BCUT2D eigenvalue weighted by Gasteiger charge is 2.27. The second-order valence-electron chi connectivity index (χ2n) is 5.47. The Morgan fingerprint density at radius 2 is 2.00 bits per heavy atom. The SMILES string of the molecule is CNS(=O)(=O)c1ccc2c(c1)C(=Cc1cc(OC)cc(Br)c1O)C(=O)N2. The van der Waals surface area contributed by atoms with Crippen molar-refractivity contribution < 1.29 is 23.1 Å². The maximum atomic E-state index is 12.3. The number of carbonyl (C=O) groups is 1. The Bertz CT molecular complexity index is 1050. The molecule has 1 aliphatic rings. The smallest absolute Gasteiger partial charge is 0.256 e. The molecule has 1 aliphatic heterocycles. The van der Waals surface area contributed by atoms with Gasteiger partial charge in [-0.15, -0.1) is 0 Å². The molecule has 0 spiro atoms. The molecule has 2 aromatic rings. The number of nitrogens with one attached hydrogen (secondary N) is 2. The van der Waals surface area contributed by atoms with E-state index in [2.05, 4.69) is 26.0 Å². The molecule has 9 heteroatoms. The van der Waals surface area contributed by atoms with Gasteiger partial charge in [-0.05, 0) is 59.4 Å². The van der Waals surface area contributed by atoms with E-state index in [1.54, 1.807) is 12.1 Å². The summed E-state index contributed by atoms with van der Waals surface area (Å²) in [5, 5.41) is 12.9. The summed E-state index contributed by atoms with van der Waals surface area (Å²) in [6.07, 6.45) is 1.49. The van der Waals surface area contributed by atoms with Crippen molar-refractivity contribution in [1.29, 1.82) is 0 Å². The van der Waals surface area contributed by atoms with Crippen LogP contribution < -0.4 is 14.8 Å². The molecule has 3 N–H and O–H groups in total. The molecule has 0 radical (unpaired) electrons. The van der Waals surface area contributed by atoms with Crippen molar-refractivity contribution in [2.24, 2.45) is 0 Å². The lowest BCUT2D eigenvalue weighted by Crippen LogP contribution is -2.18. The van der Waals surface area contributed by atoms with E-state index in [1.165, 1.54) is 38.4 Å². The predicted molar refractivity (Wildman–Crippen MR) is 102 cm³/mol. The molecule has 0 saturated heterocycles. The quantitative estimate of drug-likeness (QED) is 0.636. The van der Waals surface area contributed by atoms with Gasteiger partial charge in [0.2, 0.25) is 10.0 Å². The summed E-state index contributed by atoms with van der Waals surface area (Å²) in [7, 11) is -0.850. The number of ether oxygens (including phenoxy) is 1.